The van der Waals surface area contributed by atoms with Crippen LogP contribution in [0.1, 0.15) is 20.8 Å². The van der Waals surface area contributed by atoms with Crippen molar-refractivity contribution in [2.45, 2.75) is 45.0 Å². The summed E-state index contributed by atoms with van der Waals surface area (Å²) < 4.78 is 0. The Hall–Kier alpha value is -0.703. The highest BCUT2D eigenvalue weighted by Gasteiger charge is 2.24. The summed E-state index contributed by atoms with van der Waals surface area (Å²) in [7, 11) is -1.41. The molecule has 0 rings (SSSR count). The fourth-order valence-electron chi connectivity index (χ4n) is 1.28. The van der Waals surface area contributed by atoms with Crippen LogP contribution in [-0.2, 0) is 0 Å². The molecule has 1 N–H and O–H groups in total. The van der Waals surface area contributed by atoms with Crippen molar-refractivity contribution in [1.82, 2.24) is 0 Å². The first-order chi connectivity index (χ1) is 6.14. The molecule has 2 heteroatoms. The van der Waals surface area contributed by atoms with E-state index in [1.807, 2.05) is 0 Å². The van der Waals surface area contributed by atoms with E-state index in [4.69, 9.17) is 11.5 Å². The molecule has 0 aliphatic carbocycles. The maximum atomic E-state index is 9.12. The second kappa shape index (κ2) is 5.86. The third-order valence-corrected chi connectivity index (χ3v) is 7.40. The molecule has 1 nitrogen and oxygen atoms in total. The van der Waals surface area contributed by atoms with Crippen molar-refractivity contribution in [2.75, 3.05) is 0 Å². The van der Waals surface area contributed by atoms with Gasteiger partial charge in [0.1, 0.15) is 8.07 Å². The first kappa shape index (κ1) is 12.3. The number of rotatable bonds is 3. The van der Waals surface area contributed by atoms with Crippen molar-refractivity contribution in [1.29, 1.82) is 0 Å². The lowest BCUT2D eigenvalue weighted by Crippen LogP contribution is -2.29. The maximum absolute atomic E-state index is 9.12. The Balaban J connectivity index is 4.57. The summed E-state index contributed by atoms with van der Waals surface area (Å²) in [6, 6.07) is 3.43. The first-order valence-corrected chi connectivity index (χ1v) is 7.43. The van der Waals surface area contributed by atoms with E-state index in [1.165, 1.54) is 0 Å². The molecule has 1 atom stereocenters. The zero-order valence-corrected chi connectivity index (χ0v) is 9.72. The van der Waals surface area contributed by atoms with Crippen LogP contribution >= 0.6 is 0 Å². The van der Waals surface area contributed by atoms with Crippen LogP contribution in [0.15, 0.2) is 0 Å². The van der Waals surface area contributed by atoms with Gasteiger partial charge in [-0.2, -0.15) is 0 Å². The Bertz CT molecular complexity index is 229. The van der Waals surface area contributed by atoms with Crippen molar-refractivity contribution < 1.29 is 5.11 Å². The van der Waals surface area contributed by atoms with E-state index in [9.17, 15) is 0 Å². The van der Waals surface area contributed by atoms with Crippen LogP contribution < -0.4 is 0 Å². The normalized spacial score (nSPS) is 12.5. The zero-order valence-electron chi connectivity index (χ0n) is 8.72. The van der Waals surface area contributed by atoms with Gasteiger partial charge >= 0.3 is 0 Å². The van der Waals surface area contributed by atoms with Gasteiger partial charge in [0.25, 0.3) is 0 Å². The second-order valence-electron chi connectivity index (χ2n) is 3.18. The predicted octanol–water partition coefficient (Wildman–Crippen LogP) is 2.03. The minimum atomic E-state index is -1.41. The van der Waals surface area contributed by atoms with Crippen molar-refractivity contribution in [3.05, 3.63) is 0 Å². The highest BCUT2D eigenvalue weighted by Crippen LogP contribution is 2.18. The van der Waals surface area contributed by atoms with Crippen LogP contribution in [0.4, 0.5) is 0 Å². The standard InChI is InChI=1S/C11H18OSi/c1-5-11(12)9-10-13(6-2,7-3)8-4/h1,11-12H,6-8H2,2-4H3/t11-/m1/s1. The van der Waals surface area contributed by atoms with Gasteiger partial charge in [0.15, 0.2) is 6.10 Å². The highest BCUT2D eigenvalue weighted by molar-refractivity contribution is 6.87. The van der Waals surface area contributed by atoms with E-state index < -0.39 is 14.2 Å². The summed E-state index contributed by atoms with van der Waals surface area (Å²) in [5.41, 5.74) is 3.23. The Morgan fingerprint density at radius 3 is 2.00 bits per heavy atom. The molecule has 72 valence electrons. The summed E-state index contributed by atoms with van der Waals surface area (Å²) >= 11 is 0. The molecule has 0 spiro atoms. The van der Waals surface area contributed by atoms with Gasteiger partial charge in [0.2, 0.25) is 0 Å². The summed E-state index contributed by atoms with van der Waals surface area (Å²) in [6.07, 6.45) is 4.16. The number of hydrogen-bond acceptors (Lipinski definition) is 1. The Morgan fingerprint density at radius 2 is 1.69 bits per heavy atom. The van der Waals surface area contributed by atoms with E-state index >= 15 is 0 Å². The molecular formula is C11H18OSi. The monoisotopic (exact) mass is 194 g/mol. The average molecular weight is 194 g/mol. The Kier molecular flexibility index (Phi) is 5.54. The Labute approximate surface area is 82.6 Å². The van der Waals surface area contributed by atoms with Crippen LogP contribution in [0.25, 0.3) is 0 Å². The van der Waals surface area contributed by atoms with Gasteiger partial charge in [0.05, 0.1) is 0 Å². The average Bonchev–Trinajstić information content (AvgIpc) is 2.20. The zero-order chi connectivity index (χ0) is 10.3. The van der Waals surface area contributed by atoms with Crippen molar-refractivity contribution in [3.63, 3.8) is 0 Å². The molecule has 0 fully saturated rings. The minimum Gasteiger partial charge on any atom is -0.369 e. The molecule has 0 heterocycles. The first-order valence-electron chi connectivity index (χ1n) is 4.81. The highest BCUT2D eigenvalue weighted by atomic mass is 28.3. The smallest absolute Gasteiger partial charge is 0.175 e. The lowest BCUT2D eigenvalue weighted by atomic mass is 10.4. The molecule has 0 radical (unpaired) electrons. The molecule has 0 aromatic heterocycles. The molecule has 0 saturated heterocycles. The minimum absolute atomic E-state index is 0.878. The van der Waals surface area contributed by atoms with Gasteiger partial charge in [-0.3, -0.25) is 0 Å². The van der Waals surface area contributed by atoms with Gasteiger partial charge in [-0.1, -0.05) is 32.6 Å². The molecule has 0 aliphatic heterocycles. The van der Waals surface area contributed by atoms with Gasteiger partial charge in [0, 0.05) is 0 Å². The summed E-state index contributed by atoms with van der Waals surface area (Å²) in [4.78, 5) is 0. The molecule has 0 saturated carbocycles. The lowest BCUT2D eigenvalue weighted by Gasteiger charge is -2.20. The van der Waals surface area contributed by atoms with Crippen molar-refractivity contribution >= 4 is 8.07 Å². The molecule has 0 aliphatic rings. The molecule has 0 bridgehead atoms. The fourth-order valence-corrected chi connectivity index (χ4v) is 3.75. The molecule has 0 aromatic carbocycles. The SMILES string of the molecule is C#C[C@@H](O)C#C[Si](CC)(CC)CC. The molecule has 0 amide bonds. The summed E-state index contributed by atoms with van der Waals surface area (Å²) in [5.74, 6) is 4.97. The van der Waals surface area contributed by atoms with Crippen LogP contribution in [0.3, 0.4) is 0 Å². The van der Waals surface area contributed by atoms with Crippen molar-refractivity contribution in [2.24, 2.45) is 0 Å². The third kappa shape index (κ3) is 3.68. The topological polar surface area (TPSA) is 20.2 Å². The molecular weight excluding hydrogens is 176 g/mol. The van der Waals surface area contributed by atoms with E-state index in [0.717, 1.165) is 18.1 Å². The van der Waals surface area contributed by atoms with Crippen LogP contribution in [-0.4, -0.2) is 19.3 Å². The Morgan fingerprint density at radius 1 is 1.23 bits per heavy atom. The largest absolute Gasteiger partial charge is 0.369 e. The molecule has 13 heavy (non-hydrogen) atoms. The van der Waals surface area contributed by atoms with Gasteiger partial charge in [-0.15, -0.1) is 12.0 Å². The van der Waals surface area contributed by atoms with E-state index in [1.54, 1.807) is 0 Å². The molecule has 0 unspecified atom stereocenters. The van der Waals surface area contributed by atoms with Crippen LogP contribution in [0.5, 0.6) is 0 Å². The van der Waals surface area contributed by atoms with Gasteiger partial charge in [-0.25, -0.2) is 0 Å². The van der Waals surface area contributed by atoms with Crippen molar-refractivity contribution in [3.8, 4) is 23.8 Å². The van der Waals surface area contributed by atoms with E-state index in [-0.39, 0.29) is 0 Å². The fraction of sp³-hybridized carbons (Fsp3) is 0.636. The summed E-state index contributed by atoms with van der Waals surface area (Å²) in [6.45, 7) is 6.53. The van der Waals surface area contributed by atoms with E-state index in [0.29, 0.717) is 0 Å². The predicted molar refractivity (Wildman–Crippen MR) is 59.8 cm³/mol. The van der Waals surface area contributed by atoms with Crippen LogP contribution in [0.2, 0.25) is 18.1 Å². The second-order valence-corrected chi connectivity index (χ2v) is 8.11. The number of aliphatic hydroxyl groups is 1. The lowest BCUT2D eigenvalue weighted by molar-refractivity contribution is 0.290. The van der Waals surface area contributed by atoms with E-state index in [2.05, 4.69) is 38.2 Å². The number of terminal acetylenes is 1. The van der Waals surface area contributed by atoms with Gasteiger partial charge in [-0.05, 0) is 18.1 Å². The number of aliphatic hydroxyl groups excluding tert-OH is 1. The third-order valence-electron chi connectivity index (χ3n) is 2.66. The summed E-state index contributed by atoms with van der Waals surface area (Å²) in [5, 5.41) is 9.12. The molecule has 0 aromatic rings. The maximum Gasteiger partial charge on any atom is 0.175 e. The quantitative estimate of drug-likeness (QED) is 0.538. The number of hydrogen-bond donors (Lipinski definition) is 1. The van der Waals surface area contributed by atoms with Gasteiger partial charge < -0.3 is 5.11 Å². The van der Waals surface area contributed by atoms with Crippen LogP contribution in [0, 0.1) is 23.8 Å².